The monoisotopic (exact) mass is 776 g/mol. The molecule has 0 saturated carbocycles. The Morgan fingerprint density at radius 1 is 0.534 bits per heavy atom. The zero-order valence-corrected chi connectivity index (χ0v) is 30.1. The van der Waals surface area contributed by atoms with E-state index in [0.717, 1.165) is 0 Å². The molecule has 0 aliphatic rings. The Labute approximate surface area is 328 Å². The van der Waals surface area contributed by atoms with Crippen LogP contribution in [0, 0.1) is 0 Å². The number of hydrogen-bond donors (Lipinski definition) is 7. The van der Waals surface area contributed by atoms with Gasteiger partial charge in [0.1, 0.15) is 28.6 Å². The van der Waals surface area contributed by atoms with E-state index in [-0.39, 0.29) is 62.4 Å². The third kappa shape index (κ3) is 10.2. The molecule has 0 radical (unpaired) electrons. The number of pyridine rings is 4. The van der Waals surface area contributed by atoms with Gasteiger partial charge in [0.25, 0.3) is 17.7 Å². The minimum Gasteiger partial charge on any atom is -0.507 e. The van der Waals surface area contributed by atoms with Gasteiger partial charge in [0, 0.05) is 41.5 Å². The van der Waals surface area contributed by atoms with Crippen LogP contribution in [0.2, 0.25) is 0 Å². The quantitative estimate of drug-likeness (QED) is 0.0504. The number of phenols is 2. The summed E-state index contributed by atoms with van der Waals surface area (Å²) in [5, 5.41) is 37.4. The molecule has 2 aromatic carbocycles. The van der Waals surface area contributed by atoms with Crippen LogP contribution >= 0.6 is 0 Å². The van der Waals surface area contributed by atoms with Gasteiger partial charge >= 0.3 is 5.91 Å². The van der Waals surface area contributed by atoms with Crippen LogP contribution in [0.3, 0.4) is 0 Å². The standard InChI is InChI=1S/C40H30N12O6/c53-35-27(21-45-49-37(55)31-9-1-5-13-41-31)17-25(18-28(35)22-46-50-38(56)32-10-2-6-14-42-32)26-19-29(23-47-51-39(57)33-11-3-7-15-43-33)36(54)30(20-26)24-48-52-40(58)34-12-4-8-16-44-34/h1-24,53-54H,(H,49,55)(H,50,56)(H,51,57)(H,52,58)/p+2/b45-21+,46-22+,47-23+,48-24+. The van der Waals surface area contributed by atoms with Crippen LogP contribution in [0.1, 0.15) is 59.4 Å². The average molecular weight is 777 g/mol. The third-order valence-electron chi connectivity index (χ3n) is 7.80. The number of rotatable bonds is 13. The SMILES string of the molecule is O=C(N/N=C/c1cc(-c2cc(/C=N/NC(=O)c3ccccn3)c(O)c(/C=[NH+]/NC(=[OH+])c3ccccn3)c2)cc(/C=N/NC(=O)c2ccccn2)c1O)c1ccccn1. The molecular weight excluding hydrogens is 745 g/mol. The maximum absolute atomic E-state index is 12.6. The van der Waals surface area contributed by atoms with Crippen molar-refractivity contribution < 1.29 is 34.5 Å². The number of carbonyl (C=O) groups is 3. The van der Waals surface area contributed by atoms with E-state index in [4.69, 9.17) is 0 Å². The number of hydrazone groups is 4. The third-order valence-corrected chi connectivity index (χ3v) is 7.80. The lowest BCUT2D eigenvalue weighted by Gasteiger charge is -2.11. The second kappa shape index (κ2) is 19.0. The van der Waals surface area contributed by atoms with Crippen LogP contribution in [0.25, 0.3) is 11.1 Å². The fourth-order valence-electron chi connectivity index (χ4n) is 4.99. The Morgan fingerprint density at radius 3 is 1.24 bits per heavy atom. The van der Waals surface area contributed by atoms with E-state index in [0.29, 0.717) is 11.1 Å². The molecule has 0 saturated heterocycles. The lowest BCUT2D eigenvalue weighted by molar-refractivity contribution is -0.501. The van der Waals surface area contributed by atoms with Gasteiger partial charge in [-0.25, -0.2) is 21.3 Å². The number of benzene rings is 2. The summed E-state index contributed by atoms with van der Waals surface area (Å²) in [7, 11) is 0. The number of hydrazine groups is 1. The predicted octanol–water partition coefficient (Wildman–Crippen LogP) is 1.19. The number of carbonyl (C=O) groups excluding carboxylic acids is 4. The Morgan fingerprint density at radius 2 is 0.879 bits per heavy atom. The van der Waals surface area contributed by atoms with Crippen molar-refractivity contribution in [3.8, 4) is 22.6 Å². The maximum Gasteiger partial charge on any atom is 0.493 e. The van der Waals surface area contributed by atoms with Gasteiger partial charge in [0.2, 0.25) is 6.21 Å². The summed E-state index contributed by atoms with van der Waals surface area (Å²) in [6.45, 7) is 0. The number of aromatic nitrogens is 4. The molecular formula is C40H32N12O6+2. The van der Waals surface area contributed by atoms with Gasteiger partial charge in [0.15, 0.2) is 5.69 Å². The molecule has 0 aliphatic carbocycles. The molecule has 0 fully saturated rings. The van der Waals surface area contributed by atoms with E-state index in [1.54, 1.807) is 78.9 Å². The molecule has 0 spiro atoms. The zero-order chi connectivity index (χ0) is 40.7. The molecule has 4 amide bonds. The first kappa shape index (κ1) is 38.9. The number of aromatic hydroxyl groups is 2. The first-order valence-electron chi connectivity index (χ1n) is 17.1. The highest BCUT2D eigenvalue weighted by Gasteiger charge is 2.18. The summed E-state index contributed by atoms with van der Waals surface area (Å²) in [4.78, 5) is 64.3. The summed E-state index contributed by atoms with van der Waals surface area (Å²) < 4.78 is 0. The van der Waals surface area contributed by atoms with Crippen molar-refractivity contribution in [2.45, 2.75) is 0 Å². The molecule has 6 aromatic rings. The number of nitrogens with one attached hydrogen (secondary N) is 5. The number of phenolic OH excluding ortho intramolecular Hbond substituents is 2. The van der Waals surface area contributed by atoms with Gasteiger partial charge in [-0.1, -0.05) is 29.7 Å². The average Bonchev–Trinajstić information content (AvgIpc) is 3.26. The fraction of sp³-hybridized carbons (Fsp3) is 0. The van der Waals surface area contributed by atoms with Crippen molar-refractivity contribution >= 4 is 48.5 Å². The van der Waals surface area contributed by atoms with Crippen LogP contribution in [-0.4, -0.2) is 83.4 Å². The molecule has 58 heavy (non-hydrogen) atoms. The van der Waals surface area contributed by atoms with Crippen LogP contribution in [-0.2, 0) is 0 Å². The number of hydrogen-bond acceptors (Lipinski definition) is 12. The van der Waals surface area contributed by atoms with Crippen LogP contribution < -0.4 is 26.8 Å². The van der Waals surface area contributed by atoms with Gasteiger partial charge in [-0.2, -0.15) is 15.3 Å². The minimum atomic E-state index is -0.600. The Bertz CT molecular complexity index is 2200. The summed E-state index contributed by atoms with van der Waals surface area (Å²) >= 11 is 0. The highest BCUT2D eigenvalue weighted by molar-refractivity contribution is 6.00. The van der Waals surface area contributed by atoms with E-state index < -0.39 is 17.7 Å². The zero-order valence-electron chi connectivity index (χ0n) is 30.1. The predicted molar refractivity (Wildman–Crippen MR) is 213 cm³/mol. The lowest BCUT2D eigenvalue weighted by atomic mass is 9.95. The van der Waals surface area contributed by atoms with Crippen molar-refractivity contribution in [3.63, 3.8) is 0 Å². The van der Waals surface area contributed by atoms with Crippen molar-refractivity contribution in [2.24, 2.45) is 15.3 Å². The van der Waals surface area contributed by atoms with Crippen LogP contribution in [0.4, 0.5) is 0 Å². The molecule has 4 heterocycles. The summed E-state index contributed by atoms with van der Waals surface area (Å²) in [6, 6.07) is 25.6. The number of amides is 4. The van der Waals surface area contributed by atoms with Crippen molar-refractivity contribution in [1.82, 2.24) is 41.6 Å². The smallest absolute Gasteiger partial charge is 0.493 e. The molecule has 0 unspecified atom stereocenters. The van der Waals surface area contributed by atoms with Gasteiger partial charge < -0.3 is 10.2 Å². The summed E-state index contributed by atoms with van der Waals surface area (Å²) in [5.41, 5.74) is 11.7. The Hall–Kier alpha value is -8.80. The van der Waals surface area contributed by atoms with Gasteiger partial charge in [-0.05, 0) is 83.9 Å². The van der Waals surface area contributed by atoms with Crippen molar-refractivity contribution in [3.05, 3.63) is 167 Å². The van der Waals surface area contributed by atoms with E-state index in [9.17, 15) is 29.4 Å². The number of nitrogens with zero attached hydrogens (tertiary/aromatic N) is 7. The largest absolute Gasteiger partial charge is 0.507 e. The van der Waals surface area contributed by atoms with Crippen LogP contribution in [0.5, 0.6) is 11.5 Å². The van der Waals surface area contributed by atoms with E-state index in [1.165, 1.54) is 67.8 Å². The van der Waals surface area contributed by atoms with Gasteiger partial charge in [-0.3, -0.25) is 34.1 Å². The summed E-state index contributed by atoms with van der Waals surface area (Å²) in [5.74, 6) is -2.69. The summed E-state index contributed by atoms with van der Waals surface area (Å²) in [6.07, 6.45) is 10.8. The molecule has 0 bridgehead atoms. The topological polar surface area (TPSA) is 264 Å². The minimum absolute atomic E-state index is 0.112. The normalized spacial score (nSPS) is 11.2. The van der Waals surface area contributed by atoms with Crippen LogP contribution in [0.15, 0.2) is 137 Å². The maximum atomic E-state index is 12.6. The molecule has 0 aliphatic heterocycles. The molecule has 18 heteroatoms. The Kier molecular flexibility index (Phi) is 12.7. The Balaban J connectivity index is 1.37. The molecule has 4 aromatic heterocycles. The molecule has 8 N–H and O–H groups in total. The molecule has 18 nitrogen and oxygen atoms in total. The van der Waals surface area contributed by atoms with Crippen molar-refractivity contribution in [2.75, 3.05) is 0 Å². The fourth-order valence-corrected chi connectivity index (χ4v) is 4.99. The van der Waals surface area contributed by atoms with E-state index in [2.05, 4.69) is 62.0 Å². The molecule has 0 atom stereocenters. The second-order valence-corrected chi connectivity index (χ2v) is 11.7. The first-order chi connectivity index (χ1) is 28.3. The molecule has 286 valence electrons. The second-order valence-electron chi connectivity index (χ2n) is 11.7. The highest BCUT2D eigenvalue weighted by Crippen LogP contribution is 2.32. The van der Waals surface area contributed by atoms with E-state index in [1.807, 2.05) is 0 Å². The van der Waals surface area contributed by atoms with Gasteiger partial charge in [0.05, 0.1) is 24.2 Å². The highest BCUT2D eigenvalue weighted by atomic mass is 16.3. The van der Waals surface area contributed by atoms with Crippen molar-refractivity contribution in [1.29, 1.82) is 0 Å². The first-order valence-corrected chi connectivity index (χ1v) is 17.1. The lowest BCUT2D eigenvalue weighted by Crippen LogP contribution is -2.81. The van der Waals surface area contributed by atoms with Gasteiger partial charge in [-0.15, -0.1) is 5.10 Å². The van der Waals surface area contributed by atoms with E-state index >= 15 is 0 Å². The molecule has 6 rings (SSSR count).